The maximum absolute atomic E-state index is 13.7. The van der Waals surface area contributed by atoms with Gasteiger partial charge in [0.05, 0.1) is 32.1 Å². The summed E-state index contributed by atoms with van der Waals surface area (Å²) in [6.07, 6.45) is 0. The van der Waals surface area contributed by atoms with E-state index in [2.05, 4.69) is 5.32 Å². The summed E-state index contributed by atoms with van der Waals surface area (Å²) in [6.45, 7) is 4.33. The maximum atomic E-state index is 13.7. The van der Waals surface area contributed by atoms with Crippen molar-refractivity contribution in [1.29, 1.82) is 0 Å². The molecule has 1 heterocycles. The summed E-state index contributed by atoms with van der Waals surface area (Å²) in [7, 11) is 3.07. The second-order valence-electron chi connectivity index (χ2n) is 7.63. The van der Waals surface area contributed by atoms with Crippen molar-refractivity contribution in [3.05, 3.63) is 83.6 Å². The highest BCUT2D eigenvalue weighted by molar-refractivity contribution is 6.46. The second-order valence-corrected chi connectivity index (χ2v) is 7.63. The third kappa shape index (κ3) is 4.20. The number of imide groups is 1. The molecule has 7 nitrogen and oxygen atoms in total. The summed E-state index contributed by atoms with van der Waals surface area (Å²) in [5, 5.41) is 3.16. The number of amides is 2. The highest BCUT2D eigenvalue weighted by atomic mass is 16.5. The molecule has 34 heavy (non-hydrogen) atoms. The third-order valence-electron chi connectivity index (χ3n) is 5.55. The average molecular weight is 459 g/mol. The van der Waals surface area contributed by atoms with Gasteiger partial charge in [-0.1, -0.05) is 24.3 Å². The molecule has 1 N–H and O–H groups in total. The van der Waals surface area contributed by atoms with Crippen LogP contribution >= 0.6 is 0 Å². The van der Waals surface area contributed by atoms with Crippen molar-refractivity contribution in [1.82, 2.24) is 0 Å². The van der Waals surface area contributed by atoms with Gasteiger partial charge in [-0.2, -0.15) is 0 Å². The molecular formula is C27H26N2O5. The molecule has 0 fully saturated rings. The zero-order valence-corrected chi connectivity index (χ0v) is 19.5. The van der Waals surface area contributed by atoms with Crippen LogP contribution in [-0.4, -0.2) is 32.6 Å². The summed E-state index contributed by atoms with van der Waals surface area (Å²) in [6, 6.07) is 19.7. The molecule has 1 aliphatic heterocycles. The van der Waals surface area contributed by atoms with E-state index in [1.165, 1.54) is 12.0 Å². The van der Waals surface area contributed by atoms with Gasteiger partial charge in [-0.25, -0.2) is 4.90 Å². The van der Waals surface area contributed by atoms with Crippen molar-refractivity contribution in [2.45, 2.75) is 13.8 Å². The van der Waals surface area contributed by atoms with Crippen molar-refractivity contribution in [3.63, 3.8) is 0 Å². The van der Waals surface area contributed by atoms with Crippen LogP contribution in [-0.2, 0) is 9.59 Å². The summed E-state index contributed by atoms with van der Waals surface area (Å²) in [5.41, 5.74) is 3.00. The number of ether oxygens (including phenoxy) is 3. The molecular weight excluding hydrogens is 432 g/mol. The fourth-order valence-electron chi connectivity index (χ4n) is 3.88. The van der Waals surface area contributed by atoms with Gasteiger partial charge in [0.2, 0.25) is 0 Å². The largest absolute Gasteiger partial charge is 0.494 e. The number of aryl methyl sites for hydroxylation is 1. The molecule has 0 aliphatic carbocycles. The molecule has 0 spiro atoms. The first-order valence-corrected chi connectivity index (χ1v) is 10.9. The van der Waals surface area contributed by atoms with Gasteiger partial charge in [0.15, 0.2) is 11.5 Å². The molecule has 3 aromatic rings. The van der Waals surface area contributed by atoms with Crippen LogP contribution in [0.2, 0.25) is 0 Å². The Bertz CT molecular complexity index is 1260. The first-order chi connectivity index (χ1) is 16.5. The smallest absolute Gasteiger partial charge is 0.282 e. The van der Waals surface area contributed by atoms with E-state index in [-0.39, 0.29) is 11.3 Å². The van der Waals surface area contributed by atoms with E-state index in [4.69, 9.17) is 14.2 Å². The van der Waals surface area contributed by atoms with Gasteiger partial charge in [0.1, 0.15) is 11.4 Å². The van der Waals surface area contributed by atoms with E-state index in [0.29, 0.717) is 35.0 Å². The fraction of sp³-hybridized carbons (Fsp3) is 0.185. The Morgan fingerprint density at radius 2 is 1.56 bits per heavy atom. The number of nitrogens with zero attached hydrogens (tertiary/aromatic N) is 1. The quantitative estimate of drug-likeness (QED) is 0.489. The standard InChI is InChI=1S/C27H26N2O5/c1-5-34-20-13-11-19(12-14-20)28-25-24(18-10-15-22(32-3)23(16-18)33-4)26(30)29(27(25)31)21-9-7-6-8-17(21)2/h6-16,28H,5H2,1-4H3. The lowest BCUT2D eigenvalue weighted by Crippen LogP contribution is -2.33. The van der Waals surface area contributed by atoms with Crippen molar-refractivity contribution in [2.75, 3.05) is 31.0 Å². The van der Waals surface area contributed by atoms with E-state index in [1.807, 2.05) is 38.1 Å². The second kappa shape index (κ2) is 9.70. The zero-order valence-electron chi connectivity index (χ0n) is 19.5. The normalized spacial score (nSPS) is 13.4. The van der Waals surface area contributed by atoms with Crippen molar-refractivity contribution < 1.29 is 23.8 Å². The molecule has 2 amide bonds. The lowest BCUT2D eigenvalue weighted by Gasteiger charge is -2.17. The van der Waals surface area contributed by atoms with Gasteiger partial charge in [0.25, 0.3) is 11.8 Å². The predicted molar refractivity (Wildman–Crippen MR) is 131 cm³/mol. The van der Waals surface area contributed by atoms with Crippen molar-refractivity contribution in [3.8, 4) is 17.2 Å². The van der Waals surface area contributed by atoms with Crippen LogP contribution in [0.1, 0.15) is 18.1 Å². The number of hydrogen-bond acceptors (Lipinski definition) is 6. The first-order valence-electron chi connectivity index (χ1n) is 10.9. The van der Waals surface area contributed by atoms with E-state index in [9.17, 15) is 9.59 Å². The Labute approximate surface area is 198 Å². The van der Waals surface area contributed by atoms with Crippen LogP contribution in [0.5, 0.6) is 17.2 Å². The van der Waals surface area contributed by atoms with Gasteiger partial charge in [-0.15, -0.1) is 0 Å². The number of methoxy groups -OCH3 is 2. The zero-order chi connectivity index (χ0) is 24.2. The Hall–Kier alpha value is -4.26. The van der Waals surface area contributed by atoms with Crippen LogP contribution in [0.4, 0.5) is 11.4 Å². The number of benzene rings is 3. The summed E-state index contributed by atoms with van der Waals surface area (Å²) >= 11 is 0. The highest BCUT2D eigenvalue weighted by Crippen LogP contribution is 2.38. The van der Waals surface area contributed by atoms with E-state index >= 15 is 0 Å². The van der Waals surface area contributed by atoms with Gasteiger partial charge in [-0.3, -0.25) is 9.59 Å². The Morgan fingerprint density at radius 3 is 2.21 bits per heavy atom. The molecule has 7 heteroatoms. The molecule has 0 unspecified atom stereocenters. The van der Waals surface area contributed by atoms with Crippen LogP contribution in [0.3, 0.4) is 0 Å². The Balaban J connectivity index is 1.82. The molecule has 0 saturated heterocycles. The molecule has 174 valence electrons. The van der Waals surface area contributed by atoms with Gasteiger partial charge in [0, 0.05) is 5.69 Å². The molecule has 4 rings (SSSR count). The summed E-state index contributed by atoms with van der Waals surface area (Å²) < 4.78 is 16.3. The number of anilines is 2. The Morgan fingerprint density at radius 1 is 0.853 bits per heavy atom. The maximum Gasteiger partial charge on any atom is 0.282 e. The van der Waals surface area contributed by atoms with Gasteiger partial charge < -0.3 is 19.5 Å². The highest BCUT2D eigenvalue weighted by Gasteiger charge is 2.41. The minimum atomic E-state index is -0.432. The molecule has 0 saturated carbocycles. The molecule has 0 radical (unpaired) electrons. The minimum absolute atomic E-state index is 0.185. The lowest BCUT2D eigenvalue weighted by atomic mass is 10.0. The number of nitrogens with one attached hydrogen (secondary N) is 1. The monoisotopic (exact) mass is 458 g/mol. The van der Waals surface area contributed by atoms with E-state index < -0.39 is 11.8 Å². The third-order valence-corrected chi connectivity index (χ3v) is 5.55. The lowest BCUT2D eigenvalue weighted by molar-refractivity contribution is -0.120. The minimum Gasteiger partial charge on any atom is -0.494 e. The van der Waals surface area contributed by atoms with Crippen molar-refractivity contribution >= 4 is 28.8 Å². The Kier molecular flexibility index (Phi) is 6.54. The van der Waals surface area contributed by atoms with Crippen LogP contribution in [0.15, 0.2) is 72.4 Å². The van der Waals surface area contributed by atoms with Crippen LogP contribution in [0.25, 0.3) is 5.57 Å². The molecule has 0 aromatic heterocycles. The number of rotatable bonds is 8. The first kappa shape index (κ1) is 22.9. The number of carbonyl (C=O) groups excluding carboxylic acids is 2. The average Bonchev–Trinajstić information content (AvgIpc) is 3.09. The number of hydrogen-bond donors (Lipinski definition) is 1. The van der Waals surface area contributed by atoms with Crippen LogP contribution < -0.4 is 24.4 Å². The SMILES string of the molecule is CCOc1ccc(NC2=C(c3ccc(OC)c(OC)c3)C(=O)N(c3ccccc3C)C2=O)cc1. The van der Waals surface area contributed by atoms with E-state index in [1.54, 1.807) is 49.6 Å². The van der Waals surface area contributed by atoms with Gasteiger partial charge in [-0.05, 0) is 67.4 Å². The molecule has 1 aliphatic rings. The summed E-state index contributed by atoms with van der Waals surface area (Å²) in [4.78, 5) is 28.5. The molecule has 0 atom stereocenters. The molecule has 3 aromatic carbocycles. The number of para-hydroxylation sites is 1. The van der Waals surface area contributed by atoms with Gasteiger partial charge >= 0.3 is 0 Å². The van der Waals surface area contributed by atoms with Crippen LogP contribution in [0, 0.1) is 6.92 Å². The molecule has 0 bridgehead atoms. The predicted octanol–water partition coefficient (Wildman–Crippen LogP) is 4.81. The van der Waals surface area contributed by atoms with Crippen molar-refractivity contribution in [2.24, 2.45) is 0 Å². The fourth-order valence-corrected chi connectivity index (χ4v) is 3.88. The summed E-state index contributed by atoms with van der Waals surface area (Å²) in [5.74, 6) is 0.860. The number of carbonyl (C=O) groups is 2. The topological polar surface area (TPSA) is 77.1 Å². The van der Waals surface area contributed by atoms with E-state index in [0.717, 1.165) is 11.3 Å².